The molecule has 0 saturated carbocycles. The molecule has 0 atom stereocenters. The molecule has 0 saturated heterocycles. The largest absolute Gasteiger partial charge is 0.452 e. The van der Waals surface area contributed by atoms with Crippen molar-refractivity contribution in [2.75, 3.05) is 6.61 Å². The zero-order valence-electron chi connectivity index (χ0n) is 17.2. The fourth-order valence-electron chi connectivity index (χ4n) is 3.41. The number of carbonyl (C=O) groups is 2. The number of hydrogen-bond donors (Lipinski definition) is 0. The maximum Gasteiger partial charge on any atom is 0.338 e. The molecule has 0 aliphatic heterocycles. The van der Waals surface area contributed by atoms with E-state index in [1.165, 1.54) is 0 Å². The number of hydrogen-bond acceptors (Lipinski definition) is 5. The summed E-state index contributed by atoms with van der Waals surface area (Å²) in [5.74, 6) is -0.707. The molecule has 7 heteroatoms. The van der Waals surface area contributed by atoms with Crippen LogP contribution in [0.5, 0.6) is 0 Å². The Morgan fingerprint density at radius 2 is 1.66 bits per heavy atom. The highest BCUT2D eigenvalue weighted by molar-refractivity contribution is 5.91. The topological polar surface area (TPSA) is 77.3 Å². The van der Waals surface area contributed by atoms with E-state index in [1.54, 1.807) is 17.0 Å². The monoisotopic (exact) mass is 394 g/mol. The molecule has 0 N–H and O–H groups in total. The van der Waals surface area contributed by atoms with Gasteiger partial charge in [0.1, 0.15) is 5.52 Å². The predicted octanol–water partition coefficient (Wildman–Crippen LogP) is 3.28. The zero-order valence-corrected chi connectivity index (χ0v) is 17.2. The quantitative estimate of drug-likeness (QED) is 0.575. The molecule has 2 aromatic carbocycles. The van der Waals surface area contributed by atoms with Gasteiger partial charge >= 0.3 is 5.97 Å². The molecule has 152 valence electrons. The minimum absolute atomic E-state index is 0.0494. The molecule has 0 aliphatic carbocycles. The Morgan fingerprint density at radius 3 is 2.31 bits per heavy atom. The van der Waals surface area contributed by atoms with Crippen LogP contribution < -0.4 is 0 Å². The summed E-state index contributed by atoms with van der Waals surface area (Å²) in [7, 11) is 0. The first kappa shape index (κ1) is 20.5. The van der Waals surface area contributed by atoms with Gasteiger partial charge in [0, 0.05) is 12.1 Å². The van der Waals surface area contributed by atoms with Gasteiger partial charge in [-0.25, -0.2) is 9.48 Å². The number of para-hydroxylation sites is 1. The first-order valence-electron chi connectivity index (χ1n) is 9.72. The Bertz CT molecular complexity index is 985. The van der Waals surface area contributed by atoms with Gasteiger partial charge in [-0.3, -0.25) is 4.79 Å². The van der Waals surface area contributed by atoms with E-state index in [1.807, 2.05) is 68.8 Å². The predicted molar refractivity (Wildman–Crippen MR) is 110 cm³/mol. The molecule has 7 nitrogen and oxygen atoms in total. The molecule has 3 aromatic rings. The second-order valence-corrected chi connectivity index (χ2v) is 7.50. The minimum atomic E-state index is -0.511. The van der Waals surface area contributed by atoms with Crippen molar-refractivity contribution < 1.29 is 14.3 Å². The van der Waals surface area contributed by atoms with Gasteiger partial charge in [0.05, 0.1) is 17.6 Å². The minimum Gasteiger partial charge on any atom is -0.452 e. The number of fused-ring (bicyclic) bond motifs is 1. The number of aromatic nitrogens is 3. The average Bonchev–Trinajstić information content (AvgIpc) is 3.09. The van der Waals surface area contributed by atoms with Gasteiger partial charge in [-0.2, -0.15) is 0 Å². The lowest BCUT2D eigenvalue weighted by atomic mass is 10.1. The lowest BCUT2D eigenvalue weighted by Crippen LogP contribution is -2.44. The van der Waals surface area contributed by atoms with E-state index < -0.39 is 5.97 Å². The second-order valence-electron chi connectivity index (χ2n) is 7.50. The molecule has 0 spiro atoms. The third-order valence-corrected chi connectivity index (χ3v) is 4.67. The average molecular weight is 394 g/mol. The zero-order chi connectivity index (χ0) is 21.0. The Morgan fingerprint density at radius 1 is 1.00 bits per heavy atom. The summed E-state index contributed by atoms with van der Waals surface area (Å²) in [4.78, 5) is 26.3. The van der Waals surface area contributed by atoms with Gasteiger partial charge in [0.2, 0.25) is 0 Å². The second kappa shape index (κ2) is 8.86. The summed E-state index contributed by atoms with van der Waals surface area (Å²) in [5.41, 5.74) is 3.19. The van der Waals surface area contributed by atoms with Crippen LogP contribution in [-0.2, 0) is 16.1 Å². The number of rotatable bonds is 7. The van der Waals surface area contributed by atoms with Crippen LogP contribution in [0.4, 0.5) is 0 Å². The summed E-state index contributed by atoms with van der Waals surface area (Å²) in [6.07, 6.45) is 0. The fourth-order valence-corrected chi connectivity index (χ4v) is 3.41. The molecule has 0 unspecified atom stereocenters. The normalized spacial score (nSPS) is 11.2. The maximum absolute atomic E-state index is 12.3. The van der Waals surface area contributed by atoms with Gasteiger partial charge < -0.3 is 9.64 Å². The Labute approximate surface area is 170 Å². The molecule has 1 amide bonds. The first-order valence-corrected chi connectivity index (χ1v) is 9.72. The van der Waals surface area contributed by atoms with Crippen molar-refractivity contribution in [3.8, 4) is 0 Å². The van der Waals surface area contributed by atoms with Crippen molar-refractivity contribution in [1.29, 1.82) is 0 Å². The van der Waals surface area contributed by atoms with Gasteiger partial charge in [-0.05, 0) is 57.5 Å². The highest BCUT2D eigenvalue weighted by Crippen LogP contribution is 2.13. The third-order valence-electron chi connectivity index (χ3n) is 4.67. The Balaban J connectivity index is 1.61. The number of esters is 1. The molecule has 3 rings (SSSR count). The van der Waals surface area contributed by atoms with Crippen LogP contribution in [0.25, 0.3) is 11.0 Å². The molecular weight excluding hydrogens is 368 g/mol. The van der Waals surface area contributed by atoms with E-state index in [0.29, 0.717) is 12.1 Å². The van der Waals surface area contributed by atoms with Crippen molar-refractivity contribution in [1.82, 2.24) is 19.9 Å². The third kappa shape index (κ3) is 4.80. The SMILES string of the molecule is CC(C)N(C(=O)COC(=O)c1ccc(Cn2nnc3ccccc32)cc1)C(C)C. The van der Waals surface area contributed by atoms with Crippen molar-refractivity contribution in [2.24, 2.45) is 0 Å². The van der Waals surface area contributed by atoms with Gasteiger partial charge in [-0.15, -0.1) is 5.10 Å². The van der Waals surface area contributed by atoms with Crippen LogP contribution in [0.3, 0.4) is 0 Å². The lowest BCUT2D eigenvalue weighted by Gasteiger charge is -2.30. The van der Waals surface area contributed by atoms with Gasteiger partial charge in [-0.1, -0.05) is 29.5 Å². The highest BCUT2D eigenvalue weighted by Gasteiger charge is 2.21. The highest BCUT2D eigenvalue weighted by atomic mass is 16.5. The van der Waals surface area contributed by atoms with Crippen LogP contribution >= 0.6 is 0 Å². The molecule has 1 heterocycles. The molecular formula is C22H26N4O3. The van der Waals surface area contributed by atoms with E-state index in [0.717, 1.165) is 16.6 Å². The number of nitrogens with zero attached hydrogens (tertiary/aromatic N) is 4. The Hall–Kier alpha value is -3.22. The molecule has 0 aliphatic rings. The molecule has 0 bridgehead atoms. The maximum atomic E-state index is 12.3. The van der Waals surface area contributed by atoms with E-state index in [-0.39, 0.29) is 24.6 Å². The first-order chi connectivity index (χ1) is 13.9. The molecule has 29 heavy (non-hydrogen) atoms. The van der Waals surface area contributed by atoms with Gasteiger partial charge in [0.15, 0.2) is 6.61 Å². The summed E-state index contributed by atoms with van der Waals surface area (Å²) < 4.78 is 7.03. The van der Waals surface area contributed by atoms with E-state index in [4.69, 9.17) is 4.74 Å². The number of benzene rings is 2. The van der Waals surface area contributed by atoms with Crippen LogP contribution in [0.1, 0.15) is 43.6 Å². The van der Waals surface area contributed by atoms with Crippen molar-refractivity contribution >= 4 is 22.9 Å². The Kier molecular flexibility index (Phi) is 6.26. The number of amides is 1. The van der Waals surface area contributed by atoms with Crippen LogP contribution in [0.2, 0.25) is 0 Å². The van der Waals surface area contributed by atoms with E-state index in [9.17, 15) is 9.59 Å². The molecule has 0 radical (unpaired) electrons. The van der Waals surface area contributed by atoms with Crippen molar-refractivity contribution in [2.45, 2.75) is 46.3 Å². The number of carbonyl (C=O) groups excluding carboxylic acids is 2. The molecule has 0 fully saturated rings. The van der Waals surface area contributed by atoms with Crippen LogP contribution in [0, 0.1) is 0 Å². The summed E-state index contributed by atoms with van der Waals surface area (Å²) in [5, 5.41) is 8.32. The van der Waals surface area contributed by atoms with Crippen molar-refractivity contribution in [3.63, 3.8) is 0 Å². The lowest BCUT2D eigenvalue weighted by molar-refractivity contribution is -0.138. The summed E-state index contributed by atoms with van der Waals surface area (Å²) in [6.45, 7) is 8.05. The summed E-state index contributed by atoms with van der Waals surface area (Å²) >= 11 is 0. The number of ether oxygens (including phenoxy) is 1. The van der Waals surface area contributed by atoms with E-state index >= 15 is 0 Å². The van der Waals surface area contributed by atoms with Crippen molar-refractivity contribution in [3.05, 3.63) is 59.7 Å². The standard InChI is InChI=1S/C22H26N4O3/c1-15(2)26(16(3)4)21(27)14-29-22(28)18-11-9-17(10-12-18)13-25-20-8-6-5-7-19(20)23-24-25/h5-12,15-16H,13-14H2,1-4H3. The van der Waals surface area contributed by atoms with Gasteiger partial charge in [0.25, 0.3) is 5.91 Å². The fraction of sp³-hybridized carbons (Fsp3) is 0.364. The van der Waals surface area contributed by atoms with Crippen LogP contribution in [0.15, 0.2) is 48.5 Å². The smallest absolute Gasteiger partial charge is 0.338 e. The van der Waals surface area contributed by atoms with Crippen LogP contribution in [-0.4, -0.2) is 50.5 Å². The molecule has 1 aromatic heterocycles. The van der Waals surface area contributed by atoms with E-state index in [2.05, 4.69) is 10.3 Å². The summed E-state index contributed by atoms with van der Waals surface area (Å²) in [6, 6.07) is 15.0.